The minimum Gasteiger partial charge on any atom is -0.289 e. The highest BCUT2D eigenvalue weighted by atomic mass is 19.1. The Kier molecular flexibility index (Phi) is 3.46. The second-order valence-electron chi connectivity index (χ2n) is 3.62. The van der Waals surface area contributed by atoms with E-state index in [-0.39, 0.29) is 11.6 Å². The Bertz CT molecular complexity index is 544. The second-order valence-corrected chi connectivity index (χ2v) is 3.62. The molecular weight excluding hydrogens is 215 g/mol. The highest BCUT2D eigenvalue weighted by Gasteiger charge is 1.99. The van der Waals surface area contributed by atoms with E-state index in [9.17, 15) is 9.18 Å². The predicted molar refractivity (Wildman–Crippen MR) is 66.2 cm³/mol. The molecule has 0 heterocycles. The lowest BCUT2D eigenvalue weighted by atomic mass is 10.1. The summed E-state index contributed by atoms with van der Waals surface area (Å²) in [5.41, 5.74) is 1.30. The first kappa shape index (κ1) is 11.3. The summed E-state index contributed by atoms with van der Waals surface area (Å²) in [5.74, 6) is -0.394. The first-order valence-electron chi connectivity index (χ1n) is 5.29. The van der Waals surface area contributed by atoms with Gasteiger partial charge in [0.25, 0.3) is 0 Å². The molecule has 0 aliphatic carbocycles. The van der Waals surface area contributed by atoms with Gasteiger partial charge < -0.3 is 0 Å². The molecule has 0 unspecified atom stereocenters. The van der Waals surface area contributed by atoms with Gasteiger partial charge in [-0.2, -0.15) is 0 Å². The van der Waals surface area contributed by atoms with Crippen molar-refractivity contribution in [2.45, 2.75) is 0 Å². The SMILES string of the molecule is O=C(/C=C\c1cccc(F)c1)c1ccccc1. The van der Waals surface area contributed by atoms with E-state index in [1.54, 1.807) is 30.3 Å². The number of carbonyl (C=O) groups excluding carboxylic acids is 1. The molecule has 0 saturated carbocycles. The number of hydrogen-bond acceptors (Lipinski definition) is 1. The summed E-state index contributed by atoms with van der Waals surface area (Å²) in [7, 11) is 0. The van der Waals surface area contributed by atoms with Crippen LogP contribution in [0.4, 0.5) is 4.39 Å². The van der Waals surface area contributed by atoms with Crippen LogP contribution >= 0.6 is 0 Å². The van der Waals surface area contributed by atoms with E-state index in [1.807, 2.05) is 18.2 Å². The minimum absolute atomic E-state index is 0.0881. The van der Waals surface area contributed by atoms with Gasteiger partial charge in [-0.05, 0) is 23.8 Å². The fourth-order valence-corrected chi connectivity index (χ4v) is 1.48. The number of carbonyl (C=O) groups is 1. The Morgan fingerprint density at radius 2 is 1.76 bits per heavy atom. The maximum atomic E-state index is 12.9. The van der Waals surface area contributed by atoms with E-state index < -0.39 is 0 Å². The van der Waals surface area contributed by atoms with E-state index in [0.29, 0.717) is 11.1 Å². The maximum absolute atomic E-state index is 12.9. The average Bonchev–Trinajstić information content (AvgIpc) is 2.37. The third kappa shape index (κ3) is 3.11. The molecule has 84 valence electrons. The van der Waals surface area contributed by atoms with Gasteiger partial charge in [0.15, 0.2) is 5.78 Å². The fourth-order valence-electron chi connectivity index (χ4n) is 1.48. The predicted octanol–water partition coefficient (Wildman–Crippen LogP) is 3.72. The van der Waals surface area contributed by atoms with Crippen molar-refractivity contribution >= 4 is 11.9 Å². The van der Waals surface area contributed by atoms with E-state index in [1.165, 1.54) is 18.2 Å². The van der Waals surface area contributed by atoms with Crippen LogP contribution in [-0.4, -0.2) is 5.78 Å². The van der Waals surface area contributed by atoms with Crippen LogP contribution < -0.4 is 0 Å². The standard InChI is InChI=1S/C15H11FO/c16-14-8-4-5-12(11-14)9-10-15(17)13-6-2-1-3-7-13/h1-11H/b10-9-. The van der Waals surface area contributed by atoms with E-state index >= 15 is 0 Å². The summed E-state index contributed by atoms with van der Waals surface area (Å²) in [4.78, 5) is 11.7. The zero-order valence-corrected chi connectivity index (χ0v) is 9.14. The van der Waals surface area contributed by atoms with Gasteiger partial charge in [0.2, 0.25) is 0 Å². The van der Waals surface area contributed by atoms with Crippen molar-refractivity contribution in [3.05, 3.63) is 77.6 Å². The van der Waals surface area contributed by atoms with Gasteiger partial charge in [0, 0.05) is 5.56 Å². The Hall–Kier alpha value is -2.22. The molecule has 0 N–H and O–H groups in total. The number of halogens is 1. The molecule has 2 aromatic carbocycles. The van der Waals surface area contributed by atoms with Crippen LogP contribution in [0.2, 0.25) is 0 Å². The number of allylic oxidation sites excluding steroid dienone is 1. The molecule has 1 nitrogen and oxygen atoms in total. The first-order valence-corrected chi connectivity index (χ1v) is 5.29. The summed E-state index contributed by atoms with van der Waals surface area (Å²) in [6, 6.07) is 15.1. The van der Waals surface area contributed by atoms with Crippen molar-refractivity contribution in [1.29, 1.82) is 0 Å². The van der Waals surface area contributed by atoms with Crippen LogP contribution in [0.1, 0.15) is 15.9 Å². The summed E-state index contributed by atoms with van der Waals surface area (Å²) in [6.07, 6.45) is 3.06. The van der Waals surface area contributed by atoms with Crippen molar-refractivity contribution in [3.63, 3.8) is 0 Å². The van der Waals surface area contributed by atoms with Crippen LogP contribution in [0, 0.1) is 5.82 Å². The summed E-state index contributed by atoms with van der Waals surface area (Å²) >= 11 is 0. The van der Waals surface area contributed by atoms with Crippen LogP contribution in [0.5, 0.6) is 0 Å². The van der Waals surface area contributed by atoms with Gasteiger partial charge >= 0.3 is 0 Å². The number of rotatable bonds is 3. The van der Waals surface area contributed by atoms with Crippen LogP contribution in [-0.2, 0) is 0 Å². The zero-order valence-electron chi connectivity index (χ0n) is 9.14. The van der Waals surface area contributed by atoms with Gasteiger partial charge in [-0.25, -0.2) is 4.39 Å². The quantitative estimate of drug-likeness (QED) is 0.575. The molecule has 0 aliphatic heterocycles. The van der Waals surface area contributed by atoms with E-state index in [4.69, 9.17) is 0 Å². The maximum Gasteiger partial charge on any atom is 0.185 e. The Morgan fingerprint density at radius 1 is 1.00 bits per heavy atom. The zero-order chi connectivity index (χ0) is 12.1. The van der Waals surface area contributed by atoms with Crippen molar-refractivity contribution in [2.24, 2.45) is 0 Å². The monoisotopic (exact) mass is 226 g/mol. The van der Waals surface area contributed by atoms with Gasteiger partial charge in [-0.1, -0.05) is 48.5 Å². The average molecular weight is 226 g/mol. The molecule has 0 amide bonds. The lowest BCUT2D eigenvalue weighted by Gasteiger charge is -1.95. The van der Waals surface area contributed by atoms with Crippen molar-refractivity contribution in [1.82, 2.24) is 0 Å². The van der Waals surface area contributed by atoms with Crippen LogP contribution in [0.3, 0.4) is 0 Å². The highest BCUT2D eigenvalue weighted by Crippen LogP contribution is 2.07. The molecular formula is C15H11FO. The first-order chi connectivity index (χ1) is 8.25. The lowest BCUT2D eigenvalue weighted by molar-refractivity contribution is 0.104. The summed E-state index contributed by atoms with van der Waals surface area (Å²) in [5, 5.41) is 0. The topological polar surface area (TPSA) is 17.1 Å². The van der Waals surface area contributed by atoms with Gasteiger partial charge in [-0.15, -0.1) is 0 Å². The van der Waals surface area contributed by atoms with E-state index in [0.717, 1.165) is 0 Å². The third-order valence-corrected chi connectivity index (χ3v) is 2.33. The molecule has 0 fully saturated rings. The van der Waals surface area contributed by atoms with Gasteiger partial charge in [-0.3, -0.25) is 4.79 Å². The molecule has 2 heteroatoms. The summed E-state index contributed by atoms with van der Waals surface area (Å²) in [6.45, 7) is 0. The Labute approximate surface area is 99.2 Å². The minimum atomic E-state index is -0.306. The molecule has 0 aromatic heterocycles. The smallest absolute Gasteiger partial charge is 0.185 e. The molecule has 0 spiro atoms. The molecule has 0 radical (unpaired) electrons. The third-order valence-electron chi connectivity index (χ3n) is 2.33. The molecule has 17 heavy (non-hydrogen) atoms. The van der Waals surface area contributed by atoms with Gasteiger partial charge in [0.1, 0.15) is 5.82 Å². The fraction of sp³-hybridized carbons (Fsp3) is 0. The lowest BCUT2D eigenvalue weighted by Crippen LogP contribution is -1.92. The van der Waals surface area contributed by atoms with Crippen molar-refractivity contribution in [2.75, 3.05) is 0 Å². The Balaban J connectivity index is 2.14. The molecule has 2 aromatic rings. The molecule has 0 saturated heterocycles. The number of ketones is 1. The Morgan fingerprint density at radius 3 is 2.47 bits per heavy atom. The molecule has 0 bridgehead atoms. The van der Waals surface area contributed by atoms with Crippen LogP contribution in [0.15, 0.2) is 60.7 Å². The largest absolute Gasteiger partial charge is 0.289 e. The second kappa shape index (κ2) is 5.21. The van der Waals surface area contributed by atoms with Gasteiger partial charge in [0.05, 0.1) is 0 Å². The number of hydrogen-bond donors (Lipinski definition) is 0. The van der Waals surface area contributed by atoms with Crippen molar-refractivity contribution < 1.29 is 9.18 Å². The molecule has 0 aliphatic rings. The normalized spacial score (nSPS) is 10.6. The molecule has 0 atom stereocenters. The summed E-state index contributed by atoms with van der Waals surface area (Å²) < 4.78 is 12.9. The van der Waals surface area contributed by atoms with Crippen molar-refractivity contribution in [3.8, 4) is 0 Å². The van der Waals surface area contributed by atoms with E-state index in [2.05, 4.69) is 0 Å². The molecule has 2 rings (SSSR count). The highest BCUT2D eigenvalue weighted by molar-refractivity contribution is 6.06. The van der Waals surface area contributed by atoms with Crippen LogP contribution in [0.25, 0.3) is 6.08 Å². The number of benzene rings is 2.